The summed E-state index contributed by atoms with van der Waals surface area (Å²) in [6.45, 7) is 0.698. The molecule has 6 N–H and O–H groups in total. The number of rotatable bonds is 10. The zero-order chi connectivity index (χ0) is 25.2. The van der Waals surface area contributed by atoms with Gasteiger partial charge >= 0.3 is 6.03 Å². The molecule has 0 spiro atoms. The third-order valence-electron chi connectivity index (χ3n) is 6.20. The van der Waals surface area contributed by atoms with Crippen LogP contribution in [0.2, 0.25) is 0 Å². The number of nitrogens with one attached hydrogen (secondary N) is 3. The van der Waals surface area contributed by atoms with Crippen molar-refractivity contribution in [3.63, 3.8) is 0 Å². The third kappa shape index (κ3) is 7.91. The zero-order valence-corrected chi connectivity index (χ0v) is 20.0. The van der Waals surface area contributed by atoms with Gasteiger partial charge in [0.1, 0.15) is 17.5 Å². The summed E-state index contributed by atoms with van der Waals surface area (Å²) in [6.07, 6.45) is 6.17. The number of primary amides is 1. The van der Waals surface area contributed by atoms with E-state index in [0.29, 0.717) is 23.8 Å². The van der Waals surface area contributed by atoms with Gasteiger partial charge in [-0.3, -0.25) is 9.59 Å². The van der Waals surface area contributed by atoms with Gasteiger partial charge in [-0.05, 0) is 54.2 Å². The fourth-order valence-corrected chi connectivity index (χ4v) is 4.19. The Morgan fingerprint density at radius 1 is 1.06 bits per heavy atom. The number of carbonyl (C=O) groups excluding carboxylic acids is 3. The van der Waals surface area contributed by atoms with E-state index in [-0.39, 0.29) is 30.2 Å². The van der Waals surface area contributed by atoms with Crippen molar-refractivity contribution in [3.8, 4) is 11.5 Å². The summed E-state index contributed by atoms with van der Waals surface area (Å²) in [4.78, 5) is 36.8. The highest BCUT2D eigenvalue weighted by Gasteiger charge is 2.21. The molecule has 1 unspecified atom stereocenters. The fraction of sp³-hybridized carbons (Fsp3) is 0.423. The molecule has 1 fully saturated rings. The Bertz CT molecular complexity index is 1020. The lowest BCUT2D eigenvalue weighted by Gasteiger charge is -2.22. The molecule has 3 rings (SSSR count). The molecule has 1 saturated carbocycles. The van der Waals surface area contributed by atoms with Crippen LogP contribution in [0.15, 0.2) is 42.5 Å². The van der Waals surface area contributed by atoms with E-state index >= 15 is 0 Å². The predicted octanol–water partition coefficient (Wildman–Crippen LogP) is 2.61. The number of benzene rings is 2. The molecule has 0 radical (unpaired) electrons. The Balaban J connectivity index is 1.64. The number of urea groups is 1. The maximum absolute atomic E-state index is 12.9. The first kappa shape index (κ1) is 25.9. The molecule has 1 aliphatic rings. The minimum Gasteiger partial charge on any atom is -0.508 e. The summed E-state index contributed by atoms with van der Waals surface area (Å²) in [5.74, 6) is 0.0695. The Hall–Kier alpha value is -3.75. The lowest BCUT2D eigenvalue weighted by Crippen LogP contribution is -2.50. The lowest BCUT2D eigenvalue weighted by atomic mass is 9.90. The summed E-state index contributed by atoms with van der Waals surface area (Å²) >= 11 is 0. The second kappa shape index (κ2) is 12.6. The average molecular weight is 483 g/mol. The van der Waals surface area contributed by atoms with E-state index in [0.717, 1.165) is 18.4 Å². The van der Waals surface area contributed by atoms with Crippen molar-refractivity contribution in [2.45, 2.75) is 51.1 Å². The van der Waals surface area contributed by atoms with Crippen LogP contribution in [0.1, 0.15) is 53.6 Å². The zero-order valence-electron chi connectivity index (χ0n) is 20.0. The highest BCUT2D eigenvalue weighted by molar-refractivity contribution is 5.96. The van der Waals surface area contributed by atoms with Crippen molar-refractivity contribution in [3.05, 3.63) is 59.2 Å². The van der Waals surface area contributed by atoms with E-state index < -0.39 is 18.0 Å². The topological polar surface area (TPSA) is 143 Å². The molecule has 0 saturated heterocycles. The minimum absolute atomic E-state index is 0.116. The van der Waals surface area contributed by atoms with Crippen molar-refractivity contribution in [1.82, 2.24) is 16.0 Å². The molecule has 2 aromatic carbocycles. The average Bonchev–Trinajstić information content (AvgIpc) is 2.87. The number of phenols is 1. The van der Waals surface area contributed by atoms with E-state index in [9.17, 15) is 19.5 Å². The van der Waals surface area contributed by atoms with Gasteiger partial charge in [0, 0.05) is 20.0 Å². The van der Waals surface area contributed by atoms with Crippen molar-refractivity contribution in [2.75, 3.05) is 13.7 Å². The summed E-state index contributed by atoms with van der Waals surface area (Å²) in [7, 11) is 1.47. The van der Waals surface area contributed by atoms with Crippen molar-refractivity contribution in [1.29, 1.82) is 0 Å². The van der Waals surface area contributed by atoms with Crippen molar-refractivity contribution < 1.29 is 24.2 Å². The SMILES string of the molecule is CNC(=O)NC(Cc1ccc(O)cc1)C(=O)NCc1ccc(OCC2CCCCC2)c(C(N)=O)c1. The van der Waals surface area contributed by atoms with Gasteiger partial charge in [0.2, 0.25) is 5.91 Å². The van der Waals surface area contributed by atoms with Gasteiger partial charge in [-0.2, -0.15) is 0 Å². The Kier molecular flexibility index (Phi) is 9.34. The van der Waals surface area contributed by atoms with Crippen LogP contribution in [-0.2, 0) is 17.8 Å². The number of carbonyl (C=O) groups is 3. The lowest BCUT2D eigenvalue weighted by molar-refractivity contribution is -0.123. The van der Waals surface area contributed by atoms with Crippen LogP contribution in [0.3, 0.4) is 0 Å². The molecule has 188 valence electrons. The van der Waals surface area contributed by atoms with E-state index in [4.69, 9.17) is 10.5 Å². The smallest absolute Gasteiger partial charge is 0.315 e. The molecule has 1 aliphatic carbocycles. The molecule has 9 nitrogen and oxygen atoms in total. The molecule has 2 aromatic rings. The van der Waals surface area contributed by atoms with Crippen LogP contribution in [-0.4, -0.2) is 42.6 Å². The largest absolute Gasteiger partial charge is 0.508 e. The van der Waals surface area contributed by atoms with Gasteiger partial charge in [-0.15, -0.1) is 0 Å². The minimum atomic E-state index is -0.840. The van der Waals surface area contributed by atoms with Gasteiger partial charge in [-0.25, -0.2) is 4.79 Å². The molecule has 0 aromatic heterocycles. The number of hydrogen-bond donors (Lipinski definition) is 5. The monoisotopic (exact) mass is 482 g/mol. The first-order chi connectivity index (χ1) is 16.9. The second-order valence-corrected chi connectivity index (χ2v) is 8.87. The number of hydrogen-bond acceptors (Lipinski definition) is 5. The first-order valence-electron chi connectivity index (χ1n) is 11.9. The standard InChI is InChI=1S/C26H34N4O5/c1-28-26(34)30-22(14-17-7-10-20(31)11-8-17)25(33)29-15-19-9-12-23(21(13-19)24(27)32)35-16-18-5-3-2-4-6-18/h7-13,18,22,31H,2-6,14-16H2,1H3,(H2,27,32)(H,29,33)(H2,28,30,34). The molecule has 0 heterocycles. The van der Waals surface area contributed by atoms with Gasteiger partial charge in [0.25, 0.3) is 5.91 Å². The molecule has 9 heteroatoms. The highest BCUT2D eigenvalue weighted by atomic mass is 16.5. The van der Waals surface area contributed by atoms with E-state index in [1.54, 1.807) is 30.3 Å². The van der Waals surface area contributed by atoms with Crippen molar-refractivity contribution >= 4 is 17.8 Å². The molecular formula is C26H34N4O5. The van der Waals surface area contributed by atoms with Gasteiger partial charge in [0.05, 0.1) is 12.2 Å². The molecule has 1 atom stereocenters. The summed E-state index contributed by atoms with van der Waals surface area (Å²) in [6, 6.07) is 10.2. The van der Waals surface area contributed by atoms with E-state index in [2.05, 4.69) is 16.0 Å². The second-order valence-electron chi connectivity index (χ2n) is 8.87. The molecule has 35 heavy (non-hydrogen) atoms. The molecular weight excluding hydrogens is 448 g/mol. The van der Waals surface area contributed by atoms with Crippen LogP contribution < -0.4 is 26.4 Å². The summed E-state index contributed by atoms with van der Waals surface area (Å²) < 4.78 is 5.93. The van der Waals surface area contributed by atoms with Crippen LogP contribution in [0.25, 0.3) is 0 Å². The Morgan fingerprint density at radius 3 is 2.40 bits per heavy atom. The third-order valence-corrected chi connectivity index (χ3v) is 6.20. The Labute approximate surface area is 205 Å². The van der Waals surface area contributed by atoms with E-state index in [1.165, 1.54) is 38.4 Å². The fourth-order valence-electron chi connectivity index (χ4n) is 4.19. The maximum atomic E-state index is 12.9. The quantitative estimate of drug-likeness (QED) is 0.354. The van der Waals surface area contributed by atoms with Crippen LogP contribution >= 0.6 is 0 Å². The number of aromatic hydroxyl groups is 1. The first-order valence-corrected chi connectivity index (χ1v) is 11.9. The molecule has 4 amide bonds. The van der Waals surface area contributed by atoms with Crippen molar-refractivity contribution in [2.24, 2.45) is 11.7 Å². The normalized spacial score (nSPS) is 14.5. The number of nitrogens with two attached hydrogens (primary N) is 1. The van der Waals surface area contributed by atoms with E-state index in [1.807, 2.05) is 0 Å². The maximum Gasteiger partial charge on any atom is 0.315 e. The van der Waals surface area contributed by atoms with Crippen LogP contribution in [0, 0.1) is 5.92 Å². The summed E-state index contributed by atoms with van der Waals surface area (Å²) in [5.41, 5.74) is 7.31. The van der Waals surface area contributed by atoms with Gasteiger partial charge in [-0.1, -0.05) is 37.5 Å². The number of amides is 4. The van der Waals surface area contributed by atoms with Crippen LogP contribution in [0.5, 0.6) is 11.5 Å². The Morgan fingerprint density at radius 2 is 1.74 bits per heavy atom. The van der Waals surface area contributed by atoms with Gasteiger partial charge in [0.15, 0.2) is 0 Å². The summed E-state index contributed by atoms with van der Waals surface area (Å²) in [5, 5.41) is 17.4. The van der Waals surface area contributed by atoms with Gasteiger partial charge < -0.3 is 31.5 Å². The number of ether oxygens (including phenoxy) is 1. The predicted molar refractivity (Wildman–Crippen MR) is 132 cm³/mol. The number of phenolic OH excluding ortho intramolecular Hbond substituents is 1. The molecule has 0 bridgehead atoms. The highest BCUT2D eigenvalue weighted by Crippen LogP contribution is 2.26. The molecule has 0 aliphatic heterocycles. The van der Waals surface area contributed by atoms with Crippen LogP contribution in [0.4, 0.5) is 4.79 Å².